The molecular formula is C19H20FN5O3. The predicted octanol–water partition coefficient (Wildman–Crippen LogP) is 1.45. The van der Waals surface area contributed by atoms with Crippen molar-refractivity contribution in [1.29, 1.82) is 0 Å². The quantitative estimate of drug-likeness (QED) is 0.739. The van der Waals surface area contributed by atoms with Crippen LogP contribution in [0.25, 0.3) is 10.9 Å². The van der Waals surface area contributed by atoms with Gasteiger partial charge < -0.3 is 9.88 Å². The molecule has 1 saturated heterocycles. The van der Waals surface area contributed by atoms with Gasteiger partial charge in [-0.1, -0.05) is 0 Å². The van der Waals surface area contributed by atoms with Gasteiger partial charge in [-0.3, -0.25) is 18.8 Å². The van der Waals surface area contributed by atoms with Crippen molar-refractivity contribution in [2.45, 2.75) is 31.8 Å². The topological polar surface area (TPSA) is 93.0 Å². The maximum absolute atomic E-state index is 13.5. The minimum Gasteiger partial charge on any atom is -0.341 e. The van der Waals surface area contributed by atoms with Crippen molar-refractivity contribution in [3.63, 3.8) is 0 Å². The molecule has 0 aliphatic carbocycles. The standard InChI is InChI=1S/C19H20FN5O3/c1-12(24-8-2-7-21-24)17(26)23-9-5-14(6-10-23)25-18(27)15-11-13(20)3-4-16(15)22-19(25)28/h2-4,7-8,11-12,14H,5-6,9-10H2,1H3,(H,22,28). The number of H-pyrrole nitrogens is 1. The molecule has 1 atom stereocenters. The second-order valence-corrected chi connectivity index (χ2v) is 7.01. The monoisotopic (exact) mass is 385 g/mol. The second-order valence-electron chi connectivity index (χ2n) is 7.01. The molecule has 2 aromatic heterocycles. The molecule has 3 aromatic rings. The second kappa shape index (κ2) is 7.06. The molecule has 4 rings (SSSR count). The van der Waals surface area contributed by atoms with Crippen LogP contribution in [-0.2, 0) is 4.79 Å². The summed E-state index contributed by atoms with van der Waals surface area (Å²) in [5, 5.41) is 4.25. The number of hydrogen-bond donors (Lipinski definition) is 1. The highest BCUT2D eigenvalue weighted by Gasteiger charge is 2.29. The number of benzene rings is 1. The van der Waals surface area contributed by atoms with Gasteiger partial charge in [-0.05, 0) is 44.0 Å². The number of nitrogens with one attached hydrogen (secondary N) is 1. The van der Waals surface area contributed by atoms with Crippen LogP contribution < -0.4 is 11.2 Å². The number of nitrogens with zero attached hydrogens (tertiary/aromatic N) is 4. The van der Waals surface area contributed by atoms with Crippen molar-refractivity contribution in [2.75, 3.05) is 13.1 Å². The summed E-state index contributed by atoms with van der Waals surface area (Å²) in [6.07, 6.45) is 4.31. The van der Waals surface area contributed by atoms with E-state index in [1.54, 1.807) is 35.0 Å². The van der Waals surface area contributed by atoms with Crippen LogP contribution in [0.1, 0.15) is 31.8 Å². The molecule has 1 amide bonds. The third-order valence-corrected chi connectivity index (χ3v) is 5.31. The molecule has 1 N–H and O–H groups in total. The summed E-state index contributed by atoms with van der Waals surface area (Å²) in [7, 11) is 0. The summed E-state index contributed by atoms with van der Waals surface area (Å²) >= 11 is 0. The zero-order valence-corrected chi connectivity index (χ0v) is 15.3. The van der Waals surface area contributed by atoms with Crippen LogP contribution in [0, 0.1) is 5.82 Å². The number of piperidine rings is 1. The molecule has 9 heteroatoms. The summed E-state index contributed by atoms with van der Waals surface area (Å²) in [5.41, 5.74) is -0.708. The van der Waals surface area contributed by atoms with Crippen molar-refractivity contribution in [1.82, 2.24) is 24.2 Å². The first-order valence-corrected chi connectivity index (χ1v) is 9.17. The number of fused-ring (bicyclic) bond motifs is 1. The zero-order valence-electron chi connectivity index (χ0n) is 15.3. The zero-order chi connectivity index (χ0) is 19.8. The predicted molar refractivity (Wildman–Crippen MR) is 101 cm³/mol. The first-order valence-electron chi connectivity index (χ1n) is 9.17. The lowest BCUT2D eigenvalue weighted by Gasteiger charge is -2.34. The minimum absolute atomic E-state index is 0.0519. The van der Waals surface area contributed by atoms with Gasteiger partial charge in [-0.2, -0.15) is 5.10 Å². The molecular weight excluding hydrogens is 365 g/mol. The number of likely N-dealkylation sites (tertiary alicyclic amines) is 1. The Hall–Kier alpha value is -3.23. The maximum atomic E-state index is 13.5. The van der Waals surface area contributed by atoms with Gasteiger partial charge in [0, 0.05) is 31.5 Å². The Balaban J connectivity index is 1.55. The lowest BCUT2D eigenvalue weighted by Crippen LogP contribution is -2.46. The smallest absolute Gasteiger partial charge is 0.329 e. The Morgan fingerprint density at radius 2 is 2.04 bits per heavy atom. The lowest BCUT2D eigenvalue weighted by atomic mass is 10.0. The molecule has 1 aliphatic rings. The number of amides is 1. The Labute approximate surface area is 159 Å². The fraction of sp³-hybridized carbons (Fsp3) is 0.368. The van der Waals surface area contributed by atoms with Crippen LogP contribution in [0.3, 0.4) is 0 Å². The van der Waals surface area contributed by atoms with Crippen LogP contribution in [0.4, 0.5) is 4.39 Å². The van der Waals surface area contributed by atoms with E-state index in [0.29, 0.717) is 31.4 Å². The van der Waals surface area contributed by atoms with Crippen molar-refractivity contribution < 1.29 is 9.18 Å². The fourth-order valence-electron chi connectivity index (χ4n) is 3.76. The molecule has 0 saturated carbocycles. The Bertz CT molecular complexity index is 1130. The van der Waals surface area contributed by atoms with Crippen LogP contribution in [-0.4, -0.2) is 43.2 Å². The summed E-state index contributed by atoms with van der Waals surface area (Å²) < 4.78 is 16.3. The van der Waals surface area contributed by atoms with Crippen molar-refractivity contribution in [3.05, 3.63) is 63.3 Å². The third-order valence-electron chi connectivity index (χ3n) is 5.31. The van der Waals surface area contributed by atoms with E-state index in [1.807, 2.05) is 0 Å². The molecule has 0 bridgehead atoms. The molecule has 1 aromatic carbocycles. The van der Waals surface area contributed by atoms with Crippen LogP contribution in [0.15, 0.2) is 46.2 Å². The van der Waals surface area contributed by atoms with Crippen LogP contribution >= 0.6 is 0 Å². The number of aromatic amines is 1. The molecule has 28 heavy (non-hydrogen) atoms. The van der Waals surface area contributed by atoms with E-state index >= 15 is 0 Å². The molecule has 3 heterocycles. The molecule has 8 nitrogen and oxygen atoms in total. The highest BCUT2D eigenvalue weighted by Crippen LogP contribution is 2.22. The SMILES string of the molecule is CC(C(=O)N1CCC(n2c(=O)[nH]c3ccc(F)cc3c2=O)CC1)n1cccn1. The highest BCUT2D eigenvalue weighted by atomic mass is 19.1. The number of carbonyl (C=O) groups excluding carboxylic acids is 1. The molecule has 0 radical (unpaired) electrons. The largest absolute Gasteiger partial charge is 0.341 e. The first kappa shape index (κ1) is 18.1. The molecule has 1 fully saturated rings. The average molecular weight is 385 g/mol. The Morgan fingerprint density at radius 1 is 1.29 bits per heavy atom. The molecule has 1 aliphatic heterocycles. The number of rotatable bonds is 3. The highest BCUT2D eigenvalue weighted by molar-refractivity contribution is 5.80. The summed E-state index contributed by atoms with van der Waals surface area (Å²) in [6, 6.07) is 4.73. The van der Waals surface area contributed by atoms with Gasteiger partial charge in [0.25, 0.3) is 5.56 Å². The van der Waals surface area contributed by atoms with Crippen molar-refractivity contribution in [3.8, 4) is 0 Å². The third kappa shape index (κ3) is 3.12. The Morgan fingerprint density at radius 3 is 2.71 bits per heavy atom. The fourth-order valence-corrected chi connectivity index (χ4v) is 3.76. The van der Waals surface area contributed by atoms with E-state index in [-0.39, 0.29) is 17.3 Å². The lowest BCUT2D eigenvalue weighted by molar-refractivity contribution is -0.135. The van der Waals surface area contributed by atoms with Gasteiger partial charge in [-0.25, -0.2) is 9.18 Å². The maximum Gasteiger partial charge on any atom is 0.329 e. The van der Waals surface area contributed by atoms with Gasteiger partial charge >= 0.3 is 5.69 Å². The van der Waals surface area contributed by atoms with E-state index in [1.165, 1.54) is 12.1 Å². The number of halogens is 1. The van der Waals surface area contributed by atoms with E-state index < -0.39 is 23.1 Å². The number of carbonyl (C=O) groups is 1. The van der Waals surface area contributed by atoms with Crippen LogP contribution in [0.5, 0.6) is 0 Å². The summed E-state index contributed by atoms with van der Waals surface area (Å²) in [5.74, 6) is -0.583. The van der Waals surface area contributed by atoms with Gasteiger partial charge in [0.15, 0.2) is 0 Å². The van der Waals surface area contributed by atoms with E-state index in [4.69, 9.17) is 0 Å². The number of hydrogen-bond acceptors (Lipinski definition) is 4. The number of aromatic nitrogens is 4. The van der Waals surface area contributed by atoms with Gasteiger partial charge in [0.2, 0.25) is 5.91 Å². The first-order chi connectivity index (χ1) is 13.5. The van der Waals surface area contributed by atoms with Crippen molar-refractivity contribution in [2.24, 2.45) is 0 Å². The summed E-state index contributed by atoms with van der Waals surface area (Å²) in [6.45, 7) is 2.65. The minimum atomic E-state index is -0.531. The van der Waals surface area contributed by atoms with Gasteiger partial charge in [-0.15, -0.1) is 0 Å². The summed E-state index contributed by atoms with van der Waals surface area (Å²) in [4.78, 5) is 42.2. The van der Waals surface area contributed by atoms with E-state index in [0.717, 1.165) is 10.6 Å². The van der Waals surface area contributed by atoms with Gasteiger partial charge in [0.1, 0.15) is 11.9 Å². The van der Waals surface area contributed by atoms with Crippen LogP contribution in [0.2, 0.25) is 0 Å². The van der Waals surface area contributed by atoms with Gasteiger partial charge in [0.05, 0.1) is 10.9 Å². The molecule has 146 valence electrons. The van der Waals surface area contributed by atoms with Crippen molar-refractivity contribution >= 4 is 16.8 Å². The van der Waals surface area contributed by atoms with E-state index in [2.05, 4.69) is 10.1 Å². The molecule has 0 spiro atoms. The average Bonchev–Trinajstić information content (AvgIpc) is 3.23. The Kier molecular flexibility index (Phi) is 4.58. The normalized spacial score (nSPS) is 16.4. The molecule has 1 unspecified atom stereocenters. The van der Waals surface area contributed by atoms with E-state index in [9.17, 15) is 18.8 Å².